The van der Waals surface area contributed by atoms with Crippen molar-refractivity contribution in [2.75, 3.05) is 0 Å². The smallest absolute Gasteiger partial charge is 0.160 e. The number of hydrogen-bond acceptors (Lipinski definition) is 6. The zero-order valence-corrected chi connectivity index (χ0v) is 26.7. The molecule has 0 spiro atoms. The summed E-state index contributed by atoms with van der Waals surface area (Å²) < 4.78 is 0. The highest BCUT2D eigenvalue weighted by Crippen LogP contribution is 2.39. The van der Waals surface area contributed by atoms with E-state index < -0.39 is 0 Å². The first-order valence-corrected chi connectivity index (χ1v) is 16.5. The van der Waals surface area contributed by atoms with Gasteiger partial charge in [-0.2, -0.15) is 0 Å². The third-order valence-electron chi connectivity index (χ3n) is 9.47. The van der Waals surface area contributed by atoms with E-state index in [0.29, 0.717) is 11.6 Å². The summed E-state index contributed by atoms with van der Waals surface area (Å²) in [5, 5.41) is 9.04. The molecule has 0 aliphatic heterocycles. The van der Waals surface area contributed by atoms with Crippen LogP contribution in [0.2, 0.25) is 0 Å². The van der Waals surface area contributed by atoms with E-state index in [9.17, 15) is 0 Å². The van der Waals surface area contributed by atoms with Crippen molar-refractivity contribution in [3.05, 3.63) is 158 Å². The fourth-order valence-electron chi connectivity index (χ4n) is 7.12. The van der Waals surface area contributed by atoms with Crippen LogP contribution in [-0.4, -0.2) is 29.9 Å². The van der Waals surface area contributed by atoms with E-state index in [-0.39, 0.29) is 0 Å². The summed E-state index contributed by atoms with van der Waals surface area (Å²) in [6.07, 6.45) is 7.31. The Balaban J connectivity index is 1.08. The van der Waals surface area contributed by atoms with Gasteiger partial charge in [-0.25, -0.2) is 19.9 Å². The van der Waals surface area contributed by atoms with Gasteiger partial charge >= 0.3 is 0 Å². The standard InChI is InChI=1S/C44H26N6/c1-2-8-36-33(7-1)37(44-48-22-18-39(49-44)29-15-17-38-28(25-29)6-4-20-45-38)26-30-13-12-27-24-31(14-16-32(27)42(30)36)43-47-23-19-41(50-43)35-9-3-11-40-34(35)10-5-21-46-40/h1-26H. The summed E-state index contributed by atoms with van der Waals surface area (Å²) in [7, 11) is 0. The van der Waals surface area contributed by atoms with Crippen molar-refractivity contribution in [2.24, 2.45) is 0 Å². The van der Waals surface area contributed by atoms with Crippen molar-refractivity contribution >= 4 is 54.1 Å². The lowest BCUT2D eigenvalue weighted by atomic mass is 9.92. The molecule has 10 aromatic rings. The molecule has 0 fully saturated rings. The van der Waals surface area contributed by atoms with Gasteiger partial charge in [0.15, 0.2) is 11.6 Å². The Kier molecular flexibility index (Phi) is 6.39. The summed E-state index contributed by atoms with van der Waals surface area (Å²) in [5.74, 6) is 1.38. The van der Waals surface area contributed by atoms with Crippen LogP contribution < -0.4 is 0 Å². The van der Waals surface area contributed by atoms with Crippen molar-refractivity contribution in [3.8, 4) is 45.3 Å². The van der Waals surface area contributed by atoms with Gasteiger partial charge in [0.2, 0.25) is 0 Å². The summed E-state index contributed by atoms with van der Waals surface area (Å²) in [6.45, 7) is 0. The fraction of sp³-hybridized carbons (Fsp3) is 0. The normalized spacial score (nSPS) is 11.6. The molecule has 0 amide bonds. The van der Waals surface area contributed by atoms with Gasteiger partial charge in [0.05, 0.1) is 22.4 Å². The Morgan fingerprint density at radius 1 is 0.340 bits per heavy atom. The molecule has 50 heavy (non-hydrogen) atoms. The molecular formula is C44H26N6. The molecular weight excluding hydrogens is 613 g/mol. The molecule has 4 heterocycles. The van der Waals surface area contributed by atoms with Gasteiger partial charge in [0.1, 0.15) is 0 Å². The maximum atomic E-state index is 5.08. The minimum absolute atomic E-state index is 0.685. The molecule has 0 N–H and O–H groups in total. The highest BCUT2D eigenvalue weighted by Gasteiger charge is 2.15. The van der Waals surface area contributed by atoms with Gasteiger partial charge in [-0.1, -0.05) is 78.9 Å². The SMILES string of the molecule is c1cnc2ccc(-c3ccnc(-c4cc5ccc6cc(-c7nccc(-c8cccc9ncccc89)n7)ccc6c5c5ccccc45)n3)cc2c1. The Morgan fingerprint density at radius 2 is 1.08 bits per heavy atom. The molecule has 0 radical (unpaired) electrons. The minimum Gasteiger partial charge on any atom is -0.256 e. The summed E-state index contributed by atoms with van der Waals surface area (Å²) in [6, 6.07) is 46.0. The summed E-state index contributed by atoms with van der Waals surface area (Å²) >= 11 is 0. The Labute approximate surface area is 286 Å². The van der Waals surface area contributed by atoms with Crippen LogP contribution in [0.15, 0.2) is 158 Å². The highest BCUT2D eigenvalue weighted by molar-refractivity contribution is 6.23. The Bertz CT molecular complexity index is 2950. The van der Waals surface area contributed by atoms with Crippen LogP contribution in [0, 0.1) is 0 Å². The van der Waals surface area contributed by atoms with Gasteiger partial charge < -0.3 is 0 Å². The van der Waals surface area contributed by atoms with Gasteiger partial charge in [0, 0.05) is 57.8 Å². The first-order valence-electron chi connectivity index (χ1n) is 16.5. The molecule has 232 valence electrons. The predicted octanol–water partition coefficient (Wildman–Crippen LogP) is 10.5. The van der Waals surface area contributed by atoms with E-state index in [1.807, 2.05) is 67.3 Å². The first-order chi connectivity index (χ1) is 24.8. The molecule has 0 aliphatic rings. The minimum atomic E-state index is 0.685. The van der Waals surface area contributed by atoms with Crippen LogP contribution in [0.3, 0.4) is 0 Å². The number of benzene rings is 6. The van der Waals surface area contributed by atoms with Crippen LogP contribution >= 0.6 is 0 Å². The van der Waals surface area contributed by atoms with Gasteiger partial charge in [0.25, 0.3) is 0 Å². The molecule has 0 unspecified atom stereocenters. The maximum absolute atomic E-state index is 5.08. The monoisotopic (exact) mass is 638 g/mol. The van der Waals surface area contributed by atoms with Crippen LogP contribution in [0.1, 0.15) is 0 Å². The molecule has 0 bridgehead atoms. The van der Waals surface area contributed by atoms with Crippen LogP contribution in [0.5, 0.6) is 0 Å². The predicted molar refractivity (Wildman–Crippen MR) is 202 cm³/mol. The maximum Gasteiger partial charge on any atom is 0.160 e. The second kappa shape index (κ2) is 11.4. The molecule has 6 nitrogen and oxygen atoms in total. The Hall–Kier alpha value is -6.92. The van der Waals surface area contributed by atoms with Gasteiger partial charge in [-0.15, -0.1) is 0 Å². The van der Waals surface area contributed by atoms with Crippen molar-refractivity contribution in [1.82, 2.24) is 29.9 Å². The van der Waals surface area contributed by atoms with Crippen molar-refractivity contribution < 1.29 is 0 Å². The lowest BCUT2D eigenvalue weighted by Crippen LogP contribution is -1.94. The summed E-state index contributed by atoms with van der Waals surface area (Å²) in [4.78, 5) is 28.5. The average molecular weight is 639 g/mol. The van der Waals surface area contributed by atoms with Crippen molar-refractivity contribution in [3.63, 3.8) is 0 Å². The molecule has 0 saturated heterocycles. The van der Waals surface area contributed by atoms with Crippen molar-refractivity contribution in [2.45, 2.75) is 0 Å². The van der Waals surface area contributed by atoms with Crippen LogP contribution in [0.25, 0.3) is 99.4 Å². The lowest BCUT2D eigenvalue weighted by Gasteiger charge is -2.13. The fourth-order valence-corrected chi connectivity index (χ4v) is 7.12. The molecule has 6 heteroatoms. The molecule has 0 atom stereocenters. The number of rotatable bonds is 4. The third-order valence-corrected chi connectivity index (χ3v) is 9.47. The van der Waals surface area contributed by atoms with E-state index in [1.54, 1.807) is 0 Å². The van der Waals surface area contributed by atoms with Crippen LogP contribution in [0.4, 0.5) is 0 Å². The van der Waals surface area contributed by atoms with E-state index in [2.05, 4.69) is 106 Å². The largest absolute Gasteiger partial charge is 0.256 e. The third kappa shape index (κ3) is 4.65. The van der Waals surface area contributed by atoms with Crippen molar-refractivity contribution in [1.29, 1.82) is 0 Å². The molecule has 4 aromatic heterocycles. The molecule has 10 rings (SSSR count). The second-order valence-corrected chi connectivity index (χ2v) is 12.4. The first kappa shape index (κ1) is 28.1. The second-order valence-electron chi connectivity index (χ2n) is 12.4. The molecule has 0 aliphatic carbocycles. The number of nitrogens with zero attached hydrogens (tertiary/aromatic N) is 6. The van der Waals surface area contributed by atoms with E-state index in [4.69, 9.17) is 15.0 Å². The van der Waals surface area contributed by atoms with E-state index in [1.165, 1.54) is 10.8 Å². The zero-order valence-electron chi connectivity index (χ0n) is 26.7. The lowest BCUT2D eigenvalue weighted by molar-refractivity contribution is 1.18. The summed E-state index contributed by atoms with van der Waals surface area (Å²) in [5.41, 5.74) is 7.69. The molecule has 0 saturated carbocycles. The van der Waals surface area contributed by atoms with E-state index in [0.717, 1.165) is 77.0 Å². The quantitative estimate of drug-likeness (QED) is 0.179. The van der Waals surface area contributed by atoms with Gasteiger partial charge in [-0.3, -0.25) is 9.97 Å². The van der Waals surface area contributed by atoms with Gasteiger partial charge in [-0.05, 0) is 86.9 Å². The molecule has 6 aromatic carbocycles. The number of pyridine rings is 2. The average Bonchev–Trinajstić information content (AvgIpc) is 3.19. The van der Waals surface area contributed by atoms with E-state index >= 15 is 0 Å². The topological polar surface area (TPSA) is 77.3 Å². The number of aromatic nitrogens is 6. The number of fused-ring (bicyclic) bond motifs is 7. The zero-order chi connectivity index (χ0) is 33.0. The Morgan fingerprint density at radius 3 is 2.02 bits per heavy atom. The number of hydrogen-bond donors (Lipinski definition) is 0. The van der Waals surface area contributed by atoms with Crippen LogP contribution in [-0.2, 0) is 0 Å². The highest BCUT2D eigenvalue weighted by atomic mass is 14.9.